The number of hydrogen-bond acceptors (Lipinski definition) is 2. The Hall–Kier alpha value is -2.13. The number of carbonyl (C=O) groups is 1. The SMILES string of the molecule is NC(=O)[C@H](NCCCCc1ccccc1)c1ccccc1. The molecule has 0 saturated heterocycles. The number of hydrogen-bond donors (Lipinski definition) is 2. The van der Waals surface area contributed by atoms with E-state index in [1.807, 2.05) is 36.4 Å². The van der Waals surface area contributed by atoms with Gasteiger partial charge in [-0.1, -0.05) is 60.7 Å². The normalized spacial score (nSPS) is 12.0. The summed E-state index contributed by atoms with van der Waals surface area (Å²) in [5.41, 5.74) is 7.75. The van der Waals surface area contributed by atoms with E-state index in [0.717, 1.165) is 31.4 Å². The number of benzene rings is 2. The monoisotopic (exact) mass is 282 g/mol. The fourth-order valence-corrected chi connectivity index (χ4v) is 2.37. The van der Waals surface area contributed by atoms with Crippen LogP contribution in [0, 0.1) is 0 Å². The molecule has 0 aliphatic heterocycles. The summed E-state index contributed by atoms with van der Waals surface area (Å²) in [7, 11) is 0. The average Bonchev–Trinajstić information content (AvgIpc) is 2.52. The molecule has 0 heterocycles. The van der Waals surface area contributed by atoms with Gasteiger partial charge in [0, 0.05) is 0 Å². The standard InChI is InChI=1S/C18H22N2O/c19-18(21)17(16-12-5-2-6-13-16)20-14-8-7-11-15-9-3-1-4-10-15/h1-6,9-10,12-13,17,20H,7-8,11,14H2,(H2,19,21)/t17-/m1/s1. The maximum atomic E-state index is 11.5. The fraction of sp³-hybridized carbons (Fsp3) is 0.278. The molecule has 0 bridgehead atoms. The molecule has 0 aromatic heterocycles. The van der Waals surface area contributed by atoms with Gasteiger partial charge in [0.25, 0.3) is 0 Å². The quantitative estimate of drug-likeness (QED) is 0.731. The summed E-state index contributed by atoms with van der Waals surface area (Å²) in [6.07, 6.45) is 3.18. The van der Waals surface area contributed by atoms with Gasteiger partial charge in [0.1, 0.15) is 6.04 Å². The summed E-state index contributed by atoms with van der Waals surface area (Å²) >= 11 is 0. The van der Waals surface area contributed by atoms with Gasteiger partial charge < -0.3 is 11.1 Å². The highest BCUT2D eigenvalue weighted by Gasteiger charge is 2.15. The Kier molecular flexibility index (Phi) is 5.98. The fourth-order valence-electron chi connectivity index (χ4n) is 2.37. The molecular formula is C18H22N2O. The van der Waals surface area contributed by atoms with Crippen LogP contribution in [0.15, 0.2) is 60.7 Å². The van der Waals surface area contributed by atoms with Gasteiger partial charge in [-0.3, -0.25) is 4.79 Å². The van der Waals surface area contributed by atoms with Crippen molar-refractivity contribution in [3.8, 4) is 0 Å². The average molecular weight is 282 g/mol. The Bertz CT molecular complexity index is 540. The first-order valence-corrected chi connectivity index (χ1v) is 7.39. The van der Waals surface area contributed by atoms with E-state index in [9.17, 15) is 4.79 Å². The summed E-state index contributed by atoms with van der Waals surface area (Å²) in [4.78, 5) is 11.5. The third kappa shape index (κ3) is 5.04. The number of aryl methyl sites for hydroxylation is 1. The van der Waals surface area contributed by atoms with E-state index >= 15 is 0 Å². The van der Waals surface area contributed by atoms with Crippen LogP contribution < -0.4 is 11.1 Å². The number of nitrogens with two attached hydrogens (primary N) is 1. The number of primary amides is 1. The number of amides is 1. The number of rotatable bonds is 8. The van der Waals surface area contributed by atoms with Crippen LogP contribution in [0.25, 0.3) is 0 Å². The minimum Gasteiger partial charge on any atom is -0.368 e. The van der Waals surface area contributed by atoms with Gasteiger partial charge >= 0.3 is 0 Å². The lowest BCUT2D eigenvalue weighted by Gasteiger charge is -2.15. The van der Waals surface area contributed by atoms with Crippen molar-refractivity contribution in [1.29, 1.82) is 0 Å². The third-order valence-electron chi connectivity index (χ3n) is 3.50. The van der Waals surface area contributed by atoms with Crippen LogP contribution in [0.3, 0.4) is 0 Å². The van der Waals surface area contributed by atoms with Crippen LogP contribution in [-0.4, -0.2) is 12.5 Å². The summed E-state index contributed by atoms with van der Waals surface area (Å²) in [5, 5.41) is 3.25. The summed E-state index contributed by atoms with van der Waals surface area (Å²) < 4.78 is 0. The predicted molar refractivity (Wildman–Crippen MR) is 85.8 cm³/mol. The molecule has 3 heteroatoms. The third-order valence-corrected chi connectivity index (χ3v) is 3.50. The second-order valence-corrected chi connectivity index (χ2v) is 5.14. The Morgan fingerprint density at radius 2 is 1.57 bits per heavy atom. The van der Waals surface area contributed by atoms with Crippen molar-refractivity contribution in [1.82, 2.24) is 5.32 Å². The molecule has 0 saturated carbocycles. The molecule has 1 amide bonds. The summed E-state index contributed by atoms with van der Waals surface area (Å²) in [6.45, 7) is 0.787. The van der Waals surface area contributed by atoms with E-state index in [2.05, 4.69) is 29.6 Å². The molecule has 21 heavy (non-hydrogen) atoms. The zero-order valence-electron chi connectivity index (χ0n) is 12.2. The Morgan fingerprint density at radius 1 is 0.952 bits per heavy atom. The van der Waals surface area contributed by atoms with E-state index in [-0.39, 0.29) is 5.91 Å². The van der Waals surface area contributed by atoms with Crippen LogP contribution in [0.5, 0.6) is 0 Å². The van der Waals surface area contributed by atoms with Crippen molar-refractivity contribution in [3.63, 3.8) is 0 Å². The Morgan fingerprint density at radius 3 is 2.19 bits per heavy atom. The van der Waals surface area contributed by atoms with Gasteiger partial charge in [-0.05, 0) is 36.9 Å². The van der Waals surface area contributed by atoms with Gasteiger partial charge in [0.2, 0.25) is 5.91 Å². The van der Waals surface area contributed by atoms with Crippen LogP contribution in [-0.2, 0) is 11.2 Å². The zero-order valence-corrected chi connectivity index (χ0v) is 12.2. The molecule has 0 fully saturated rings. The smallest absolute Gasteiger partial charge is 0.239 e. The van der Waals surface area contributed by atoms with Crippen molar-refractivity contribution in [2.24, 2.45) is 5.73 Å². The van der Waals surface area contributed by atoms with Gasteiger partial charge in [0.05, 0.1) is 0 Å². The molecule has 2 rings (SSSR count). The highest BCUT2D eigenvalue weighted by Crippen LogP contribution is 2.12. The largest absolute Gasteiger partial charge is 0.368 e. The summed E-state index contributed by atoms with van der Waals surface area (Å²) in [6, 6.07) is 19.7. The molecule has 0 unspecified atom stereocenters. The lowest BCUT2D eigenvalue weighted by Crippen LogP contribution is -2.34. The molecule has 3 nitrogen and oxygen atoms in total. The van der Waals surface area contributed by atoms with Crippen LogP contribution >= 0.6 is 0 Å². The molecule has 2 aromatic rings. The molecular weight excluding hydrogens is 260 g/mol. The molecule has 110 valence electrons. The molecule has 0 radical (unpaired) electrons. The number of unbranched alkanes of at least 4 members (excludes halogenated alkanes) is 1. The molecule has 1 atom stereocenters. The van der Waals surface area contributed by atoms with Gasteiger partial charge in [-0.2, -0.15) is 0 Å². The van der Waals surface area contributed by atoms with Crippen LogP contribution in [0.2, 0.25) is 0 Å². The summed E-state index contributed by atoms with van der Waals surface area (Å²) in [5.74, 6) is -0.329. The lowest BCUT2D eigenvalue weighted by molar-refractivity contribution is -0.120. The van der Waals surface area contributed by atoms with Gasteiger partial charge in [0.15, 0.2) is 0 Å². The molecule has 0 spiro atoms. The topological polar surface area (TPSA) is 55.1 Å². The first-order valence-electron chi connectivity index (χ1n) is 7.39. The minimum atomic E-state index is -0.400. The van der Waals surface area contributed by atoms with Crippen molar-refractivity contribution in [2.45, 2.75) is 25.3 Å². The first-order chi connectivity index (χ1) is 10.3. The number of carbonyl (C=O) groups excluding carboxylic acids is 1. The molecule has 0 aliphatic carbocycles. The molecule has 2 aromatic carbocycles. The van der Waals surface area contributed by atoms with E-state index < -0.39 is 6.04 Å². The number of nitrogens with one attached hydrogen (secondary N) is 1. The van der Waals surface area contributed by atoms with Crippen molar-refractivity contribution < 1.29 is 4.79 Å². The van der Waals surface area contributed by atoms with Crippen LogP contribution in [0.4, 0.5) is 0 Å². The van der Waals surface area contributed by atoms with Gasteiger partial charge in [-0.25, -0.2) is 0 Å². The second-order valence-electron chi connectivity index (χ2n) is 5.14. The second kappa shape index (κ2) is 8.22. The maximum absolute atomic E-state index is 11.5. The predicted octanol–water partition coefficient (Wildman–Crippen LogP) is 2.83. The van der Waals surface area contributed by atoms with E-state index in [4.69, 9.17) is 5.73 Å². The zero-order chi connectivity index (χ0) is 14.9. The highest BCUT2D eigenvalue weighted by molar-refractivity contribution is 5.81. The maximum Gasteiger partial charge on any atom is 0.239 e. The van der Waals surface area contributed by atoms with Crippen molar-refractivity contribution in [2.75, 3.05) is 6.54 Å². The van der Waals surface area contributed by atoms with Crippen LogP contribution in [0.1, 0.15) is 30.0 Å². The molecule has 3 N–H and O–H groups in total. The lowest BCUT2D eigenvalue weighted by atomic mass is 10.1. The minimum absolute atomic E-state index is 0.329. The van der Waals surface area contributed by atoms with E-state index in [1.54, 1.807) is 0 Å². The highest BCUT2D eigenvalue weighted by atomic mass is 16.1. The van der Waals surface area contributed by atoms with E-state index in [0.29, 0.717) is 0 Å². The Balaban J connectivity index is 1.74. The first kappa shape index (κ1) is 15.3. The van der Waals surface area contributed by atoms with Gasteiger partial charge in [-0.15, -0.1) is 0 Å². The van der Waals surface area contributed by atoms with E-state index in [1.165, 1.54) is 5.56 Å². The van der Waals surface area contributed by atoms with Crippen molar-refractivity contribution in [3.05, 3.63) is 71.8 Å². The Labute approximate surface area is 126 Å². The van der Waals surface area contributed by atoms with Crippen molar-refractivity contribution >= 4 is 5.91 Å². The molecule has 0 aliphatic rings.